The van der Waals surface area contributed by atoms with Crippen molar-refractivity contribution in [2.75, 3.05) is 40.3 Å². The third kappa shape index (κ3) is 3.35. The Labute approximate surface area is 126 Å². The number of likely N-dealkylation sites (tertiary alicyclic amines) is 2. The minimum atomic E-state index is 0.158. The number of nitrogens with zero attached hydrogens (tertiary/aromatic N) is 4. The molecule has 0 saturated carbocycles. The zero-order valence-electron chi connectivity index (χ0n) is 12.9. The SMILES string of the molecule is CN(C)C(=O)N1C[C@H]2C[C@@H](CN(Cc3cccnc3)C2)C1. The molecule has 2 aliphatic heterocycles. The van der Waals surface area contributed by atoms with Gasteiger partial charge < -0.3 is 9.80 Å². The van der Waals surface area contributed by atoms with E-state index in [2.05, 4.69) is 16.0 Å². The lowest BCUT2D eigenvalue weighted by atomic mass is 9.84. The number of aromatic nitrogens is 1. The molecule has 114 valence electrons. The molecule has 21 heavy (non-hydrogen) atoms. The Morgan fingerprint density at radius 2 is 2.00 bits per heavy atom. The maximum atomic E-state index is 12.1. The Hall–Kier alpha value is -1.62. The Morgan fingerprint density at radius 3 is 2.57 bits per heavy atom. The molecule has 1 aromatic rings. The van der Waals surface area contributed by atoms with Crippen molar-refractivity contribution in [1.82, 2.24) is 19.7 Å². The van der Waals surface area contributed by atoms with E-state index in [9.17, 15) is 4.79 Å². The molecule has 2 fully saturated rings. The zero-order valence-corrected chi connectivity index (χ0v) is 12.9. The molecule has 2 saturated heterocycles. The summed E-state index contributed by atoms with van der Waals surface area (Å²) in [6.45, 7) is 4.95. The average Bonchev–Trinajstić information content (AvgIpc) is 2.46. The van der Waals surface area contributed by atoms with Gasteiger partial charge in [0.1, 0.15) is 0 Å². The number of amides is 2. The van der Waals surface area contributed by atoms with Gasteiger partial charge in [0.05, 0.1) is 0 Å². The molecule has 3 heterocycles. The summed E-state index contributed by atoms with van der Waals surface area (Å²) in [6.07, 6.45) is 5.03. The second-order valence-corrected chi connectivity index (χ2v) is 6.61. The zero-order chi connectivity index (χ0) is 14.8. The lowest BCUT2D eigenvalue weighted by Crippen LogP contribution is -2.55. The largest absolute Gasteiger partial charge is 0.331 e. The van der Waals surface area contributed by atoms with Crippen LogP contribution < -0.4 is 0 Å². The predicted octanol–water partition coefficient (Wildman–Crippen LogP) is 1.52. The van der Waals surface area contributed by atoms with Gasteiger partial charge in [-0.25, -0.2) is 4.79 Å². The van der Waals surface area contributed by atoms with Crippen molar-refractivity contribution in [2.24, 2.45) is 11.8 Å². The average molecular weight is 288 g/mol. The number of urea groups is 1. The molecule has 2 aliphatic rings. The first-order chi connectivity index (χ1) is 10.1. The summed E-state index contributed by atoms with van der Waals surface area (Å²) in [7, 11) is 3.67. The van der Waals surface area contributed by atoms with Crippen LogP contribution >= 0.6 is 0 Å². The lowest BCUT2D eigenvalue weighted by Gasteiger charge is -2.46. The molecule has 1 aromatic heterocycles. The van der Waals surface area contributed by atoms with Gasteiger partial charge >= 0.3 is 6.03 Å². The van der Waals surface area contributed by atoms with Crippen LogP contribution in [0.2, 0.25) is 0 Å². The van der Waals surface area contributed by atoms with E-state index in [1.165, 1.54) is 12.0 Å². The minimum Gasteiger partial charge on any atom is -0.331 e. The summed E-state index contributed by atoms with van der Waals surface area (Å²) in [5, 5.41) is 0. The van der Waals surface area contributed by atoms with Crippen molar-refractivity contribution in [2.45, 2.75) is 13.0 Å². The Morgan fingerprint density at radius 1 is 1.29 bits per heavy atom. The minimum absolute atomic E-state index is 0.158. The monoisotopic (exact) mass is 288 g/mol. The molecule has 0 aromatic carbocycles. The number of piperidine rings is 2. The van der Waals surface area contributed by atoms with Crippen LogP contribution in [0.15, 0.2) is 24.5 Å². The molecule has 2 bridgehead atoms. The van der Waals surface area contributed by atoms with E-state index in [1.807, 2.05) is 37.5 Å². The van der Waals surface area contributed by atoms with Crippen molar-refractivity contribution in [1.29, 1.82) is 0 Å². The number of carbonyl (C=O) groups excluding carboxylic acids is 1. The maximum absolute atomic E-state index is 12.1. The summed E-state index contributed by atoms with van der Waals surface area (Å²) in [5.74, 6) is 1.22. The van der Waals surface area contributed by atoms with Gasteiger partial charge in [-0.3, -0.25) is 9.88 Å². The van der Waals surface area contributed by atoms with E-state index in [1.54, 1.807) is 4.90 Å². The van der Waals surface area contributed by atoms with Crippen molar-refractivity contribution >= 4 is 6.03 Å². The van der Waals surface area contributed by atoms with Crippen LogP contribution in [0.4, 0.5) is 4.79 Å². The molecule has 5 heteroatoms. The number of hydrogen-bond acceptors (Lipinski definition) is 3. The van der Waals surface area contributed by atoms with Crippen LogP contribution in [0.5, 0.6) is 0 Å². The van der Waals surface area contributed by atoms with E-state index in [4.69, 9.17) is 0 Å². The van der Waals surface area contributed by atoms with Crippen LogP contribution in [0.1, 0.15) is 12.0 Å². The van der Waals surface area contributed by atoms with E-state index >= 15 is 0 Å². The smallest absolute Gasteiger partial charge is 0.319 e. The van der Waals surface area contributed by atoms with Crippen molar-refractivity contribution in [3.63, 3.8) is 0 Å². The van der Waals surface area contributed by atoms with Crippen LogP contribution in [0, 0.1) is 11.8 Å². The normalized spacial score (nSPS) is 25.7. The first-order valence-corrected chi connectivity index (χ1v) is 7.69. The highest BCUT2D eigenvalue weighted by molar-refractivity contribution is 5.74. The summed E-state index contributed by atoms with van der Waals surface area (Å²) >= 11 is 0. The van der Waals surface area contributed by atoms with E-state index in [0.717, 1.165) is 32.7 Å². The number of fused-ring (bicyclic) bond motifs is 2. The molecule has 2 atom stereocenters. The number of rotatable bonds is 2. The van der Waals surface area contributed by atoms with Gasteiger partial charge in [-0.1, -0.05) is 6.07 Å². The van der Waals surface area contributed by atoms with Gasteiger partial charge in [0.2, 0.25) is 0 Å². The molecule has 3 rings (SSSR count). The fourth-order valence-electron chi connectivity index (χ4n) is 3.71. The van der Waals surface area contributed by atoms with Gasteiger partial charge in [-0.05, 0) is 29.9 Å². The van der Waals surface area contributed by atoms with Crippen molar-refractivity contribution in [3.05, 3.63) is 30.1 Å². The lowest BCUT2D eigenvalue weighted by molar-refractivity contribution is 0.0372. The topological polar surface area (TPSA) is 39.7 Å². The molecular weight excluding hydrogens is 264 g/mol. The number of hydrogen-bond donors (Lipinski definition) is 0. The Balaban J connectivity index is 1.60. The molecule has 0 unspecified atom stereocenters. The molecule has 0 spiro atoms. The standard InChI is InChI=1S/C16H24N4O/c1-18(2)16(21)20-11-14-6-15(12-20)10-19(9-14)8-13-4-3-5-17-7-13/h3-5,7,14-15H,6,8-12H2,1-2H3/t14-,15-/m0/s1. The van der Waals surface area contributed by atoms with Crippen molar-refractivity contribution in [3.8, 4) is 0 Å². The van der Waals surface area contributed by atoms with E-state index in [0.29, 0.717) is 11.8 Å². The summed E-state index contributed by atoms with van der Waals surface area (Å²) in [4.78, 5) is 22.6. The fraction of sp³-hybridized carbons (Fsp3) is 0.625. The first kappa shape index (κ1) is 14.3. The Kier molecular flexibility index (Phi) is 4.10. The van der Waals surface area contributed by atoms with E-state index < -0.39 is 0 Å². The summed E-state index contributed by atoms with van der Waals surface area (Å²) < 4.78 is 0. The quantitative estimate of drug-likeness (QED) is 0.828. The number of carbonyl (C=O) groups is 1. The highest BCUT2D eigenvalue weighted by Gasteiger charge is 2.36. The third-order valence-electron chi connectivity index (χ3n) is 4.44. The fourth-order valence-corrected chi connectivity index (χ4v) is 3.71. The molecule has 5 nitrogen and oxygen atoms in total. The summed E-state index contributed by atoms with van der Waals surface area (Å²) in [6, 6.07) is 4.29. The van der Waals surface area contributed by atoms with Gasteiger partial charge in [0.25, 0.3) is 0 Å². The second-order valence-electron chi connectivity index (χ2n) is 6.61. The Bertz CT molecular complexity index is 476. The molecule has 0 aliphatic carbocycles. The molecular formula is C16H24N4O. The molecule has 0 radical (unpaired) electrons. The van der Waals surface area contributed by atoms with Gasteiger partial charge in [0.15, 0.2) is 0 Å². The maximum Gasteiger partial charge on any atom is 0.319 e. The molecule has 2 amide bonds. The number of pyridine rings is 1. The first-order valence-electron chi connectivity index (χ1n) is 7.69. The van der Waals surface area contributed by atoms with Crippen LogP contribution in [0.3, 0.4) is 0 Å². The van der Waals surface area contributed by atoms with Gasteiger partial charge in [-0.2, -0.15) is 0 Å². The summed E-state index contributed by atoms with van der Waals surface area (Å²) in [5.41, 5.74) is 1.28. The molecule has 0 N–H and O–H groups in total. The van der Waals surface area contributed by atoms with Crippen LogP contribution in [-0.2, 0) is 6.54 Å². The van der Waals surface area contributed by atoms with E-state index in [-0.39, 0.29) is 6.03 Å². The second kappa shape index (κ2) is 6.02. The third-order valence-corrected chi connectivity index (χ3v) is 4.44. The highest BCUT2D eigenvalue weighted by atomic mass is 16.2. The van der Waals surface area contributed by atoms with Gasteiger partial charge in [0, 0.05) is 59.2 Å². The van der Waals surface area contributed by atoms with Crippen molar-refractivity contribution < 1.29 is 4.79 Å². The van der Waals surface area contributed by atoms with Crippen LogP contribution in [-0.4, -0.2) is 66.0 Å². The van der Waals surface area contributed by atoms with Gasteiger partial charge in [-0.15, -0.1) is 0 Å². The predicted molar refractivity (Wildman–Crippen MR) is 81.8 cm³/mol. The van der Waals surface area contributed by atoms with Crippen LogP contribution in [0.25, 0.3) is 0 Å². The highest BCUT2D eigenvalue weighted by Crippen LogP contribution is 2.29.